The van der Waals surface area contributed by atoms with Crippen molar-refractivity contribution < 1.29 is 9.47 Å². The molecule has 2 aliphatic rings. The Kier molecular flexibility index (Phi) is 3.98. The first kappa shape index (κ1) is 16.2. The van der Waals surface area contributed by atoms with Gasteiger partial charge in [0.1, 0.15) is 11.9 Å². The maximum atomic E-state index is 6.09. The molecule has 0 saturated carbocycles. The lowest BCUT2D eigenvalue weighted by molar-refractivity contribution is 0.103. The van der Waals surface area contributed by atoms with Gasteiger partial charge in [0.05, 0.1) is 24.9 Å². The zero-order valence-electron chi connectivity index (χ0n) is 15.1. The van der Waals surface area contributed by atoms with Crippen LogP contribution in [-0.4, -0.2) is 34.6 Å². The third kappa shape index (κ3) is 3.13. The van der Waals surface area contributed by atoms with Crippen LogP contribution in [0.3, 0.4) is 0 Å². The predicted octanol–water partition coefficient (Wildman–Crippen LogP) is 3.56. The molecular formula is C21H20N4O2. The van der Waals surface area contributed by atoms with Crippen LogP contribution in [-0.2, 0) is 11.3 Å². The van der Waals surface area contributed by atoms with Gasteiger partial charge >= 0.3 is 0 Å². The Morgan fingerprint density at radius 1 is 1.15 bits per heavy atom. The minimum absolute atomic E-state index is 0.0627. The quantitative estimate of drug-likeness (QED) is 0.773. The first-order valence-corrected chi connectivity index (χ1v) is 9.19. The molecule has 0 radical (unpaired) electrons. The maximum absolute atomic E-state index is 6.09. The molecule has 0 aliphatic carbocycles. The van der Waals surface area contributed by atoms with Gasteiger partial charge in [-0.1, -0.05) is 0 Å². The van der Waals surface area contributed by atoms with Crippen LogP contribution in [0.5, 0.6) is 5.88 Å². The summed E-state index contributed by atoms with van der Waals surface area (Å²) < 4.78 is 11.7. The van der Waals surface area contributed by atoms with E-state index in [1.807, 2.05) is 30.3 Å². The average molecular weight is 360 g/mol. The largest absolute Gasteiger partial charge is 0.471 e. The van der Waals surface area contributed by atoms with Crippen molar-refractivity contribution in [2.24, 2.45) is 4.99 Å². The number of nitrogens with one attached hydrogen (secondary N) is 1. The van der Waals surface area contributed by atoms with Crippen LogP contribution in [0.4, 0.5) is 5.69 Å². The minimum atomic E-state index is 0.0627. The standard InChI is InChI=1S/C21H20N4O2/c1-13-9-16(12-26-13)27-21-17-5-4-15(10-14(17)6-8-23-21)25-20-18-3-2-7-22-19(18)11-24-20/h2-8,10,13,16H,9,11-12H2,1H3,(H,24,25)/t13-,16+/m1/s1. The smallest absolute Gasteiger partial charge is 0.221 e. The third-order valence-electron chi connectivity index (χ3n) is 4.96. The van der Waals surface area contributed by atoms with E-state index in [2.05, 4.69) is 33.3 Å². The van der Waals surface area contributed by atoms with Crippen LogP contribution in [0.2, 0.25) is 0 Å². The molecule has 2 atom stereocenters. The van der Waals surface area contributed by atoms with Gasteiger partial charge in [0.15, 0.2) is 0 Å². The number of aromatic nitrogens is 2. The number of anilines is 1. The van der Waals surface area contributed by atoms with Gasteiger partial charge in [0.25, 0.3) is 0 Å². The number of nitrogens with zero attached hydrogens (tertiary/aromatic N) is 3. The van der Waals surface area contributed by atoms with E-state index in [1.165, 1.54) is 0 Å². The lowest BCUT2D eigenvalue weighted by Crippen LogP contribution is -2.17. The van der Waals surface area contributed by atoms with Crippen LogP contribution in [0.25, 0.3) is 10.8 Å². The van der Waals surface area contributed by atoms with E-state index >= 15 is 0 Å². The second-order valence-corrected chi connectivity index (χ2v) is 6.96. The summed E-state index contributed by atoms with van der Waals surface area (Å²) in [6, 6.07) is 12.1. The molecule has 1 saturated heterocycles. The van der Waals surface area contributed by atoms with Crippen molar-refractivity contribution in [2.45, 2.75) is 32.1 Å². The molecule has 0 spiro atoms. The molecular weight excluding hydrogens is 340 g/mol. The van der Waals surface area contributed by atoms with Crippen LogP contribution >= 0.6 is 0 Å². The number of amidine groups is 1. The van der Waals surface area contributed by atoms with Gasteiger partial charge in [0, 0.05) is 35.5 Å². The Labute approximate surface area is 157 Å². The molecule has 6 heteroatoms. The maximum Gasteiger partial charge on any atom is 0.221 e. The molecule has 6 nitrogen and oxygen atoms in total. The molecule has 27 heavy (non-hydrogen) atoms. The fourth-order valence-corrected chi connectivity index (χ4v) is 3.60. The fourth-order valence-electron chi connectivity index (χ4n) is 3.60. The van der Waals surface area contributed by atoms with Crippen LogP contribution < -0.4 is 10.1 Å². The van der Waals surface area contributed by atoms with Crippen molar-refractivity contribution in [1.29, 1.82) is 0 Å². The van der Waals surface area contributed by atoms with Gasteiger partial charge in [-0.25, -0.2) is 4.98 Å². The molecule has 1 aromatic carbocycles. The Morgan fingerprint density at radius 3 is 3.00 bits per heavy atom. The summed E-state index contributed by atoms with van der Waals surface area (Å²) in [5.74, 6) is 1.52. The highest BCUT2D eigenvalue weighted by Crippen LogP contribution is 2.29. The molecule has 1 fully saturated rings. The minimum Gasteiger partial charge on any atom is -0.471 e. The number of hydrogen-bond donors (Lipinski definition) is 1. The molecule has 5 rings (SSSR count). The van der Waals surface area contributed by atoms with Crippen LogP contribution in [0, 0.1) is 0 Å². The first-order chi connectivity index (χ1) is 13.3. The predicted molar refractivity (Wildman–Crippen MR) is 104 cm³/mol. The summed E-state index contributed by atoms with van der Waals surface area (Å²) in [6.07, 6.45) is 4.79. The van der Waals surface area contributed by atoms with Crippen molar-refractivity contribution in [1.82, 2.24) is 9.97 Å². The molecule has 2 aliphatic heterocycles. The molecule has 2 aromatic heterocycles. The van der Waals surface area contributed by atoms with Crippen LogP contribution in [0.15, 0.2) is 53.8 Å². The molecule has 136 valence electrons. The summed E-state index contributed by atoms with van der Waals surface area (Å²) in [5.41, 5.74) is 3.05. The molecule has 1 N–H and O–H groups in total. The van der Waals surface area contributed by atoms with E-state index in [-0.39, 0.29) is 12.2 Å². The van der Waals surface area contributed by atoms with Crippen molar-refractivity contribution >= 4 is 22.3 Å². The van der Waals surface area contributed by atoms with Crippen LogP contribution in [0.1, 0.15) is 24.6 Å². The number of pyridine rings is 2. The van der Waals surface area contributed by atoms with Gasteiger partial charge < -0.3 is 14.8 Å². The summed E-state index contributed by atoms with van der Waals surface area (Å²) in [7, 11) is 0. The average Bonchev–Trinajstić information content (AvgIpc) is 3.28. The normalized spacial score (nSPS) is 21.1. The SMILES string of the molecule is C[C@@H]1C[C@H](Oc2nccc3cc(NC4=NCc5ncccc54)ccc23)CO1. The second-order valence-electron chi connectivity index (χ2n) is 6.96. The highest BCUT2D eigenvalue weighted by Gasteiger charge is 2.24. The van der Waals surface area contributed by atoms with E-state index in [4.69, 9.17) is 9.47 Å². The molecule has 0 amide bonds. The number of hydrogen-bond acceptors (Lipinski definition) is 6. The van der Waals surface area contributed by atoms with Gasteiger partial charge in [0.2, 0.25) is 5.88 Å². The topological polar surface area (TPSA) is 68.6 Å². The number of benzene rings is 1. The van der Waals surface area contributed by atoms with Gasteiger partial charge in [-0.2, -0.15) is 0 Å². The first-order valence-electron chi connectivity index (χ1n) is 9.19. The number of fused-ring (bicyclic) bond motifs is 2. The van der Waals surface area contributed by atoms with Crippen molar-refractivity contribution in [3.8, 4) is 5.88 Å². The number of aliphatic imine (C=N–C) groups is 1. The monoisotopic (exact) mass is 360 g/mol. The lowest BCUT2D eigenvalue weighted by Gasteiger charge is -2.14. The van der Waals surface area contributed by atoms with Crippen molar-refractivity contribution in [3.05, 3.63) is 60.0 Å². The lowest BCUT2D eigenvalue weighted by atomic mass is 10.1. The Morgan fingerprint density at radius 2 is 2.11 bits per heavy atom. The summed E-state index contributed by atoms with van der Waals surface area (Å²) >= 11 is 0. The zero-order chi connectivity index (χ0) is 18.2. The van der Waals surface area contributed by atoms with Crippen molar-refractivity contribution in [3.63, 3.8) is 0 Å². The summed E-state index contributed by atoms with van der Waals surface area (Å²) in [6.45, 7) is 3.30. The Bertz CT molecular complexity index is 1030. The zero-order valence-corrected chi connectivity index (χ0v) is 15.1. The van der Waals surface area contributed by atoms with Gasteiger partial charge in [-0.15, -0.1) is 0 Å². The number of ether oxygens (including phenoxy) is 2. The second kappa shape index (κ2) is 6.63. The highest BCUT2D eigenvalue weighted by atomic mass is 16.6. The van der Waals surface area contributed by atoms with E-state index in [1.54, 1.807) is 12.4 Å². The third-order valence-corrected chi connectivity index (χ3v) is 4.96. The molecule has 3 aromatic rings. The van der Waals surface area contributed by atoms with Gasteiger partial charge in [-0.3, -0.25) is 9.98 Å². The van der Waals surface area contributed by atoms with Gasteiger partial charge in [-0.05, 0) is 48.7 Å². The summed E-state index contributed by atoms with van der Waals surface area (Å²) in [4.78, 5) is 13.4. The summed E-state index contributed by atoms with van der Waals surface area (Å²) in [5, 5.41) is 5.49. The van der Waals surface area contributed by atoms with E-state index in [9.17, 15) is 0 Å². The van der Waals surface area contributed by atoms with E-state index in [0.29, 0.717) is 19.0 Å². The van der Waals surface area contributed by atoms with E-state index < -0.39 is 0 Å². The Hall–Kier alpha value is -2.99. The molecule has 0 bridgehead atoms. The Balaban J connectivity index is 1.40. The highest BCUT2D eigenvalue weighted by molar-refractivity contribution is 6.11. The fraction of sp³-hybridized carbons (Fsp3) is 0.286. The number of rotatable bonds is 3. The molecule has 0 unspecified atom stereocenters. The van der Waals surface area contributed by atoms with Crippen molar-refractivity contribution in [2.75, 3.05) is 11.9 Å². The van der Waals surface area contributed by atoms with E-state index in [0.717, 1.165) is 40.0 Å². The molecule has 4 heterocycles.